The summed E-state index contributed by atoms with van der Waals surface area (Å²) in [5.41, 5.74) is 1.39. The topological polar surface area (TPSA) is 73.8 Å². The van der Waals surface area contributed by atoms with E-state index in [1.54, 1.807) is 24.6 Å². The number of rotatable bonds is 6. The zero-order valence-electron chi connectivity index (χ0n) is 12.9. The molecule has 0 radical (unpaired) electrons. The lowest BCUT2D eigenvalue weighted by Crippen LogP contribution is -2.07. The molecule has 0 aliphatic carbocycles. The Morgan fingerprint density at radius 3 is 2.87 bits per heavy atom. The second kappa shape index (κ2) is 6.78. The van der Waals surface area contributed by atoms with Crippen LogP contribution in [0, 0.1) is 6.92 Å². The highest BCUT2D eigenvalue weighted by Crippen LogP contribution is 2.24. The molecular formula is C16H16N4O2S. The maximum atomic E-state index is 12.3. The third kappa shape index (κ3) is 3.19. The molecule has 3 heterocycles. The largest absolute Gasteiger partial charge is 0.461 e. The van der Waals surface area contributed by atoms with E-state index in [0.717, 1.165) is 5.69 Å². The highest BCUT2D eigenvalue weighted by atomic mass is 32.2. The number of hydrogen-bond acceptors (Lipinski definition) is 6. The summed E-state index contributed by atoms with van der Waals surface area (Å²) in [6.45, 7) is 4.54. The fraction of sp³-hybridized carbons (Fsp3) is 0.250. The van der Waals surface area contributed by atoms with Gasteiger partial charge in [0.2, 0.25) is 0 Å². The van der Waals surface area contributed by atoms with E-state index >= 15 is 0 Å². The number of carbonyl (C=O) groups excluding carboxylic acids is 1. The van der Waals surface area contributed by atoms with Crippen molar-refractivity contribution in [2.75, 3.05) is 5.75 Å². The molecule has 23 heavy (non-hydrogen) atoms. The van der Waals surface area contributed by atoms with Gasteiger partial charge in [-0.25, -0.2) is 0 Å². The van der Waals surface area contributed by atoms with Gasteiger partial charge in [0.15, 0.2) is 22.5 Å². The molecule has 0 N–H and O–H groups in total. The summed E-state index contributed by atoms with van der Waals surface area (Å²) < 4.78 is 7.32. The molecule has 0 fully saturated rings. The number of hydrogen-bond donors (Lipinski definition) is 0. The van der Waals surface area contributed by atoms with E-state index < -0.39 is 0 Å². The first-order valence-electron chi connectivity index (χ1n) is 7.25. The molecule has 3 aromatic heterocycles. The van der Waals surface area contributed by atoms with Crippen molar-refractivity contribution in [1.82, 2.24) is 19.7 Å². The number of carbonyl (C=O) groups is 1. The fourth-order valence-corrected chi connectivity index (χ4v) is 3.14. The first-order chi connectivity index (χ1) is 11.2. The number of aryl methyl sites for hydroxylation is 1. The molecule has 0 saturated heterocycles. The Kier molecular flexibility index (Phi) is 4.57. The lowest BCUT2D eigenvalue weighted by Gasteiger charge is -2.06. The number of pyridine rings is 1. The van der Waals surface area contributed by atoms with Crippen LogP contribution in [0.5, 0.6) is 0 Å². The molecule has 3 rings (SSSR count). The number of thioether (sulfide) groups is 1. The van der Waals surface area contributed by atoms with Crippen LogP contribution >= 0.6 is 11.8 Å². The van der Waals surface area contributed by atoms with Crippen molar-refractivity contribution in [3.05, 3.63) is 48.0 Å². The van der Waals surface area contributed by atoms with Crippen LogP contribution in [0.4, 0.5) is 0 Å². The van der Waals surface area contributed by atoms with E-state index in [1.807, 2.05) is 30.5 Å². The van der Waals surface area contributed by atoms with Gasteiger partial charge in [-0.15, -0.1) is 10.2 Å². The Labute approximate surface area is 137 Å². The molecule has 0 aliphatic heterocycles. The number of Topliss-reactive ketones (excluding diaryl/α,β-unsaturated/α-hetero) is 1. The predicted molar refractivity (Wildman–Crippen MR) is 87.4 cm³/mol. The standard InChI is InChI=1S/C16H16N4O2S/c1-3-20-15(14-7-5-9-22-14)18-19-16(20)23-10-13(21)12-6-4-8-17-11(12)2/h4-9H,3,10H2,1-2H3. The van der Waals surface area contributed by atoms with Crippen LogP contribution in [0.25, 0.3) is 11.6 Å². The number of nitrogens with zero attached hydrogens (tertiary/aromatic N) is 4. The van der Waals surface area contributed by atoms with Gasteiger partial charge in [0, 0.05) is 24.0 Å². The van der Waals surface area contributed by atoms with Gasteiger partial charge in [0.05, 0.1) is 12.0 Å². The Morgan fingerprint density at radius 1 is 1.30 bits per heavy atom. The average molecular weight is 328 g/mol. The van der Waals surface area contributed by atoms with Crippen molar-refractivity contribution >= 4 is 17.5 Å². The average Bonchev–Trinajstić information content (AvgIpc) is 3.21. The summed E-state index contributed by atoms with van der Waals surface area (Å²) >= 11 is 1.37. The summed E-state index contributed by atoms with van der Waals surface area (Å²) in [7, 11) is 0. The zero-order chi connectivity index (χ0) is 16.2. The summed E-state index contributed by atoms with van der Waals surface area (Å²) in [5.74, 6) is 1.67. The molecule has 118 valence electrons. The third-order valence-electron chi connectivity index (χ3n) is 3.41. The summed E-state index contributed by atoms with van der Waals surface area (Å²) in [5, 5.41) is 9.05. The SMILES string of the molecule is CCn1c(SCC(=O)c2cccnc2C)nnc1-c1ccco1. The van der Waals surface area contributed by atoms with Gasteiger partial charge in [-0.05, 0) is 38.1 Å². The minimum Gasteiger partial charge on any atom is -0.461 e. The maximum absolute atomic E-state index is 12.3. The van der Waals surface area contributed by atoms with E-state index in [4.69, 9.17) is 4.42 Å². The van der Waals surface area contributed by atoms with Crippen LogP contribution in [0.15, 0.2) is 46.3 Å². The second-order valence-corrected chi connectivity index (χ2v) is 5.82. The molecule has 0 amide bonds. The smallest absolute Gasteiger partial charge is 0.200 e. The van der Waals surface area contributed by atoms with Crippen molar-refractivity contribution in [1.29, 1.82) is 0 Å². The molecule has 0 atom stereocenters. The van der Waals surface area contributed by atoms with E-state index in [0.29, 0.717) is 34.6 Å². The van der Waals surface area contributed by atoms with Crippen LogP contribution in [0.2, 0.25) is 0 Å². The normalized spacial score (nSPS) is 10.9. The molecule has 7 heteroatoms. The zero-order valence-corrected chi connectivity index (χ0v) is 13.7. The van der Waals surface area contributed by atoms with Crippen molar-refractivity contribution in [3.63, 3.8) is 0 Å². The van der Waals surface area contributed by atoms with E-state index in [2.05, 4.69) is 15.2 Å². The van der Waals surface area contributed by atoms with Gasteiger partial charge in [-0.3, -0.25) is 14.3 Å². The minimum atomic E-state index is 0.0331. The maximum Gasteiger partial charge on any atom is 0.200 e. The van der Waals surface area contributed by atoms with E-state index in [1.165, 1.54) is 11.8 Å². The Hall–Kier alpha value is -2.41. The molecule has 0 bridgehead atoms. The number of furan rings is 1. The van der Waals surface area contributed by atoms with Crippen molar-refractivity contribution in [3.8, 4) is 11.6 Å². The molecule has 0 aromatic carbocycles. The third-order valence-corrected chi connectivity index (χ3v) is 4.38. The van der Waals surface area contributed by atoms with Gasteiger partial charge >= 0.3 is 0 Å². The fourth-order valence-electron chi connectivity index (χ4n) is 2.26. The molecule has 6 nitrogen and oxygen atoms in total. The minimum absolute atomic E-state index is 0.0331. The van der Waals surface area contributed by atoms with Crippen LogP contribution in [-0.2, 0) is 6.54 Å². The molecular weight excluding hydrogens is 312 g/mol. The monoisotopic (exact) mass is 328 g/mol. The van der Waals surface area contributed by atoms with Gasteiger partial charge in [0.1, 0.15) is 0 Å². The van der Waals surface area contributed by atoms with E-state index in [-0.39, 0.29) is 5.78 Å². The summed E-state index contributed by atoms with van der Waals surface area (Å²) in [6, 6.07) is 7.22. The molecule has 0 spiro atoms. The Morgan fingerprint density at radius 2 is 2.17 bits per heavy atom. The van der Waals surface area contributed by atoms with Gasteiger partial charge in [0.25, 0.3) is 0 Å². The number of aromatic nitrogens is 4. The highest BCUT2D eigenvalue weighted by Gasteiger charge is 2.17. The Bertz CT molecular complexity index is 811. The molecule has 0 aliphatic rings. The van der Waals surface area contributed by atoms with E-state index in [9.17, 15) is 4.79 Å². The molecule has 0 saturated carbocycles. The van der Waals surface area contributed by atoms with Crippen molar-refractivity contribution < 1.29 is 9.21 Å². The quantitative estimate of drug-likeness (QED) is 0.511. The first-order valence-corrected chi connectivity index (χ1v) is 8.24. The van der Waals surface area contributed by atoms with Gasteiger partial charge in [-0.2, -0.15) is 0 Å². The van der Waals surface area contributed by atoms with Gasteiger partial charge in [-0.1, -0.05) is 11.8 Å². The van der Waals surface area contributed by atoms with Crippen LogP contribution < -0.4 is 0 Å². The number of ketones is 1. The summed E-state index contributed by atoms with van der Waals surface area (Å²) in [4.78, 5) is 16.5. The first kappa shape index (κ1) is 15.5. The van der Waals surface area contributed by atoms with Crippen molar-refractivity contribution in [2.24, 2.45) is 0 Å². The molecule has 3 aromatic rings. The lowest BCUT2D eigenvalue weighted by molar-refractivity contribution is 0.102. The lowest BCUT2D eigenvalue weighted by atomic mass is 10.1. The van der Waals surface area contributed by atoms with Gasteiger partial charge < -0.3 is 4.42 Å². The van der Waals surface area contributed by atoms with Crippen LogP contribution in [0.1, 0.15) is 23.0 Å². The van der Waals surface area contributed by atoms with Crippen LogP contribution in [0.3, 0.4) is 0 Å². The summed E-state index contributed by atoms with van der Waals surface area (Å²) in [6.07, 6.45) is 3.29. The second-order valence-electron chi connectivity index (χ2n) is 4.88. The van der Waals surface area contributed by atoms with Crippen molar-refractivity contribution in [2.45, 2.75) is 25.5 Å². The Balaban J connectivity index is 1.76. The predicted octanol–water partition coefficient (Wildman–Crippen LogP) is 3.24. The molecule has 0 unspecified atom stereocenters. The van der Waals surface area contributed by atoms with Crippen LogP contribution in [-0.4, -0.2) is 31.3 Å². The highest BCUT2D eigenvalue weighted by molar-refractivity contribution is 7.99.